The summed E-state index contributed by atoms with van der Waals surface area (Å²) in [5.41, 5.74) is 5.01. The summed E-state index contributed by atoms with van der Waals surface area (Å²) in [6.45, 7) is 0. The molecule has 6 heteroatoms. The summed E-state index contributed by atoms with van der Waals surface area (Å²) in [6.07, 6.45) is 0. The summed E-state index contributed by atoms with van der Waals surface area (Å²) in [5, 5.41) is 17.1. The van der Waals surface area contributed by atoms with Crippen molar-refractivity contribution in [2.75, 3.05) is 10.6 Å². The van der Waals surface area contributed by atoms with Crippen LogP contribution in [0.1, 0.15) is 0 Å². The van der Waals surface area contributed by atoms with Crippen LogP contribution in [0, 0.1) is 0 Å². The first kappa shape index (κ1) is 20.0. The maximum Gasteiger partial charge on any atom is 0.109 e. The average molecular weight is 433 g/mol. The van der Waals surface area contributed by atoms with E-state index in [9.17, 15) is 0 Å². The van der Waals surface area contributed by atoms with Gasteiger partial charge in [0.1, 0.15) is 11.4 Å². The normalized spacial score (nSPS) is 10.9. The van der Waals surface area contributed by atoms with Gasteiger partial charge in [0.2, 0.25) is 0 Å². The number of hydrogen-bond donors (Lipinski definition) is 2. The highest BCUT2D eigenvalue weighted by Crippen LogP contribution is 2.33. The molecule has 2 N–H and O–H groups in total. The standard InChI is InChI=1S/C24H18Cl2N4/c25-17-9-13-19(14-10-17)27-21-5-1-3-7-23(21)29-30-24-8-4-2-6-22(24)28-20-15-11-18(26)12-16-20/h1-16,27-28H. The van der Waals surface area contributed by atoms with Gasteiger partial charge in [-0.2, -0.15) is 0 Å². The molecule has 0 unspecified atom stereocenters. The quantitative estimate of drug-likeness (QED) is 0.298. The molecular formula is C24H18Cl2N4. The van der Waals surface area contributed by atoms with Crippen LogP contribution in [0.25, 0.3) is 0 Å². The third-order valence-electron chi connectivity index (χ3n) is 4.32. The molecule has 0 radical (unpaired) electrons. The smallest absolute Gasteiger partial charge is 0.109 e. The first-order chi connectivity index (χ1) is 14.7. The lowest BCUT2D eigenvalue weighted by atomic mass is 10.2. The summed E-state index contributed by atoms with van der Waals surface area (Å²) >= 11 is 11.9. The van der Waals surface area contributed by atoms with Crippen LogP contribution in [0.3, 0.4) is 0 Å². The third kappa shape index (κ3) is 5.17. The fraction of sp³-hybridized carbons (Fsp3) is 0. The van der Waals surface area contributed by atoms with Gasteiger partial charge in [0.05, 0.1) is 11.4 Å². The van der Waals surface area contributed by atoms with Gasteiger partial charge >= 0.3 is 0 Å². The Morgan fingerprint density at radius 3 is 1.23 bits per heavy atom. The number of halogens is 2. The van der Waals surface area contributed by atoms with Crippen LogP contribution < -0.4 is 10.6 Å². The largest absolute Gasteiger partial charge is 0.354 e. The van der Waals surface area contributed by atoms with E-state index in [-0.39, 0.29) is 0 Å². The van der Waals surface area contributed by atoms with Crippen LogP contribution in [0.15, 0.2) is 107 Å². The molecule has 0 spiro atoms. The summed E-state index contributed by atoms with van der Waals surface area (Å²) in [5.74, 6) is 0. The first-order valence-corrected chi connectivity index (χ1v) is 10.1. The molecular weight excluding hydrogens is 415 g/mol. The molecule has 0 fully saturated rings. The Hall–Kier alpha value is -3.34. The van der Waals surface area contributed by atoms with Crippen molar-refractivity contribution in [2.24, 2.45) is 10.2 Å². The van der Waals surface area contributed by atoms with Crippen molar-refractivity contribution in [2.45, 2.75) is 0 Å². The fourth-order valence-corrected chi connectivity index (χ4v) is 3.07. The van der Waals surface area contributed by atoms with E-state index < -0.39 is 0 Å². The molecule has 0 aromatic heterocycles. The Labute approximate surface area is 185 Å². The SMILES string of the molecule is Clc1ccc(Nc2ccccc2N=Nc2ccccc2Nc2ccc(Cl)cc2)cc1. The van der Waals surface area contributed by atoms with E-state index in [0.717, 1.165) is 34.1 Å². The predicted molar refractivity (Wildman–Crippen MR) is 127 cm³/mol. The molecule has 0 aliphatic carbocycles. The number of nitrogens with one attached hydrogen (secondary N) is 2. The molecule has 4 aromatic carbocycles. The van der Waals surface area contributed by atoms with E-state index in [1.165, 1.54) is 0 Å². The Morgan fingerprint density at radius 1 is 0.467 bits per heavy atom. The summed E-state index contributed by atoms with van der Waals surface area (Å²) in [7, 11) is 0. The molecule has 148 valence electrons. The number of azo groups is 1. The minimum Gasteiger partial charge on any atom is -0.354 e. The highest BCUT2D eigenvalue weighted by atomic mass is 35.5. The maximum atomic E-state index is 5.97. The van der Waals surface area contributed by atoms with Gasteiger partial charge in [-0.05, 0) is 72.8 Å². The van der Waals surface area contributed by atoms with Gasteiger partial charge in [-0.3, -0.25) is 0 Å². The predicted octanol–water partition coefficient (Wildman–Crippen LogP) is 8.90. The van der Waals surface area contributed by atoms with Gasteiger partial charge in [0, 0.05) is 21.4 Å². The molecule has 0 atom stereocenters. The van der Waals surface area contributed by atoms with Crippen molar-refractivity contribution < 1.29 is 0 Å². The van der Waals surface area contributed by atoms with Crippen molar-refractivity contribution in [3.8, 4) is 0 Å². The third-order valence-corrected chi connectivity index (χ3v) is 4.82. The van der Waals surface area contributed by atoms with Crippen LogP contribution >= 0.6 is 23.2 Å². The van der Waals surface area contributed by atoms with Crippen LogP contribution in [0.4, 0.5) is 34.1 Å². The molecule has 0 aliphatic heterocycles. The maximum absolute atomic E-state index is 5.97. The minimum atomic E-state index is 0.693. The molecule has 4 nitrogen and oxygen atoms in total. The van der Waals surface area contributed by atoms with E-state index in [1.54, 1.807) is 0 Å². The molecule has 0 saturated heterocycles. The van der Waals surface area contributed by atoms with E-state index in [0.29, 0.717) is 10.0 Å². The number of hydrogen-bond acceptors (Lipinski definition) is 4. The van der Waals surface area contributed by atoms with Gasteiger partial charge < -0.3 is 10.6 Å². The fourth-order valence-electron chi connectivity index (χ4n) is 2.82. The van der Waals surface area contributed by atoms with Crippen LogP contribution in [-0.4, -0.2) is 0 Å². The summed E-state index contributed by atoms with van der Waals surface area (Å²) in [6, 6.07) is 30.5. The molecule has 0 bridgehead atoms. The Bertz CT molecular complexity index is 1060. The van der Waals surface area contributed by atoms with Gasteiger partial charge in [0.25, 0.3) is 0 Å². The van der Waals surface area contributed by atoms with Gasteiger partial charge in [0.15, 0.2) is 0 Å². The number of nitrogens with zero attached hydrogens (tertiary/aromatic N) is 2. The number of anilines is 4. The second-order valence-electron chi connectivity index (χ2n) is 6.50. The first-order valence-electron chi connectivity index (χ1n) is 9.32. The van der Waals surface area contributed by atoms with Crippen molar-refractivity contribution in [3.05, 3.63) is 107 Å². The van der Waals surface area contributed by atoms with Gasteiger partial charge in [-0.25, -0.2) is 0 Å². The zero-order valence-electron chi connectivity index (χ0n) is 15.9. The summed E-state index contributed by atoms with van der Waals surface area (Å²) < 4.78 is 0. The number of rotatable bonds is 6. The van der Waals surface area contributed by atoms with Crippen LogP contribution in [0.5, 0.6) is 0 Å². The van der Waals surface area contributed by atoms with Crippen LogP contribution in [0.2, 0.25) is 10.0 Å². The lowest BCUT2D eigenvalue weighted by Crippen LogP contribution is -1.90. The molecule has 0 aliphatic rings. The topological polar surface area (TPSA) is 48.8 Å². The molecule has 30 heavy (non-hydrogen) atoms. The Morgan fingerprint density at radius 2 is 0.833 bits per heavy atom. The van der Waals surface area contributed by atoms with E-state index in [4.69, 9.17) is 23.2 Å². The zero-order valence-corrected chi connectivity index (χ0v) is 17.4. The highest BCUT2D eigenvalue weighted by Gasteiger charge is 2.04. The molecule has 4 aromatic rings. The monoisotopic (exact) mass is 432 g/mol. The minimum absolute atomic E-state index is 0.693. The Kier molecular flexibility index (Phi) is 6.28. The number of para-hydroxylation sites is 2. The zero-order chi connectivity index (χ0) is 20.8. The number of benzene rings is 4. The van der Waals surface area contributed by atoms with E-state index >= 15 is 0 Å². The van der Waals surface area contributed by atoms with Crippen molar-refractivity contribution >= 4 is 57.3 Å². The second-order valence-corrected chi connectivity index (χ2v) is 7.37. The highest BCUT2D eigenvalue weighted by molar-refractivity contribution is 6.30. The van der Waals surface area contributed by atoms with E-state index in [2.05, 4.69) is 20.9 Å². The molecule has 4 rings (SSSR count). The van der Waals surface area contributed by atoms with Gasteiger partial charge in [-0.15, -0.1) is 10.2 Å². The Balaban J connectivity index is 1.57. The van der Waals surface area contributed by atoms with Crippen molar-refractivity contribution in [1.82, 2.24) is 0 Å². The lowest BCUT2D eigenvalue weighted by Gasteiger charge is -2.10. The lowest BCUT2D eigenvalue weighted by molar-refractivity contribution is 1.23. The molecule has 0 saturated carbocycles. The van der Waals surface area contributed by atoms with Gasteiger partial charge in [-0.1, -0.05) is 47.5 Å². The second kappa shape index (κ2) is 9.44. The summed E-state index contributed by atoms with van der Waals surface area (Å²) in [4.78, 5) is 0. The average Bonchev–Trinajstić information content (AvgIpc) is 2.77. The van der Waals surface area contributed by atoms with Crippen molar-refractivity contribution in [3.63, 3.8) is 0 Å². The molecule has 0 heterocycles. The van der Waals surface area contributed by atoms with Crippen LogP contribution in [-0.2, 0) is 0 Å². The molecule has 0 amide bonds. The van der Waals surface area contributed by atoms with Crippen molar-refractivity contribution in [1.29, 1.82) is 0 Å². The van der Waals surface area contributed by atoms with E-state index in [1.807, 2.05) is 97.1 Å².